The second kappa shape index (κ2) is 7.91. The van der Waals surface area contributed by atoms with Crippen molar-refractivity contribution in [2.45, 2.75) is 19.3 Å². The molecule has 2 heterocycles. The first-order chi connectivity index (χ1) is 14.0. The van der Waals surface area contributed by atoms with Gasteiger partial charge < -0.3 is 14.4 Å². The third kappa shape index (κ3) is 3.92. The number of aryl methyl sites for hydroxylation is 1. The number of ketones is 1. The van der Waals surface area contributed by atoms with Crippen molar-refractivity contribution in [1.29, 1.82) is 0 Å². The summed E-state index contributed by atoms with van der Waals surface area (Å²) in [4.78, 5) is 38.4. The number of anilines is 1. The molecule has 0 spiro atoms. The van der Waals surface area contributed by atoms with Gasteiger partial charge in [0.25, 0.3) is 0 Å². The van der Waals surface area contributed by atoms with Crippen molar-refractivity contribution >= 4 is 29.4 Å². The molecule has 148 valence electrons. The number of methoxy groups -OCH3 is 1. The van der Waals surface area contributed by atoms with E-state index in [0.29, 0.717) is 17.7 Å². The van der Waals surface area contributed by atoms with Crippen LogP contribution in [0.25, 0.3) is 6.08 Å². The Morgan fingerprint density at radius 2 is 2.00 bits per heavy atom. The number of benzene rings is 2. The largest absolute Gasteiger partial charge is 0.497 e. The molecule has 4 rings (SSSR count). The van der Waals surface area contributed by atoms with E-state index in [-0.39, 0.29) is 18.3 Å². The van der Waals surface area contributed by atoms with Gasteiger partial charge in [-0.1, -0.05) is 12.1 Å². The number of ether oxygens (including phenoxy) is 2. The Balaban J connectivity index is 1.40. The van der Waals surface area contributed by atoms with Crippen LogP contribution in [0.2, 0.25) is 0 Å². The molecule has 0 saturated heterocycles. The lowest BCUT2D eigenvalue weighted by molar-refractivity contribution is -0.136. The standard InChI is InChI=1S/C23H21NO5/c1-28-19-6-2-4-15(10-19)7-8-22(27)29-14-20(25)17-11-16-5-3-9-24-21(26)13-18(12-17)23(16)24/h2,4,6-8,10-12H,3,5,9,13-14H2,1H3. The zero-order valence-electron chi connectivity index (χ0n) is 16.1. The molecule has 6 heteroatoms. The fourth-order valence-corrected chi connectivity index (χ4v) is 3.82. The Labute approximate surface area is 168 Å². The number of carbonyl (C=O) groups excluding carboxylic acids is 3. The molecule has 1 amide bonds. The highest BCUT2D eigenvalue weighted by atomic mass is 16.5. The van der Waals surface area contributed by atoms with Crippen LogP contribution in [-0.4, -0.2) is 37.9 Å². The minimum atomic E-state index is -0.593. The summed E-state index contributed by atoms with van der Waals surface area (Å²) in [7, 11) is 1.57. The highest BCUT2D eigenvalue weighted by Crippen LogP contribution is 2.37. The molecule has 29 heavy (non-hydrogen) atoms. The van der Waals surface area contributed by atoms with Gasteiger partial charge in [-0.05, 0) is 59.9 Å². The van der Waals surface area contributed by atoms with Crippen LogP contribution in [0.4, 0.5) is 5.69 Å². The van der Waals surface area contributed by atoms with E-state index in [1.807, 2.05) is 29.2 Å². The third-order valence-electron chi connectivity index (χ3n) is 5.18. The van der Waals surface area contributed by atoms with Gasteiger partial charge in [0.05, 0.1) is 19.2 Å². The summed E-state index contributed by atoms with van der Waals surface area (Å²) in [5, 5.41) is 0. The summed E-state index contributed by atoms with van der Waals surface area (Å²) in [5.41, 5.74) is 4.16. The van der Waals surface area contributed by atoms with E-state index < -0.39 is 5.97 Å². The molecule has 2 aliphatic heterocycles. The number of esters is 1. The van der Waals surface area contributed by atoms with Gasteiger partial charge in [-0.15, -0.1) is 0 Å². The molecule has 0 unspecified atom stereocenters. The molecular weight excluding hydrogens is 370 g/mol. The average molecular weight is 391 g/mol. The van der Waals surface area contributed by atoms with Crippen LogP contribution in [0.5, 0.6) is 5.75 Å². The zero-order chi connectivity index (χ0) is 20.4. The van der Waals surface area contributed by atoms with Gasteiger partial charge in [-0.2, -0.15) is 0 Å². The molecule has 0 saturated carbocycles. The first-order valence-electron chi connectivity index (χ1n) is 9.53. The second-order valence-electron chi connectivity index (χ2n) is 7.11. The van der Waals surface area contributed by atoms with Crippen LogP contribution in [0.1, 0.15) is 33.5 Å². The zero-order valence-corrected chi connectivity index (χ0v) is 16.1. The summed E-state index contributed by atoms with van der Waals surface area (Å²) < 4.78 is 10.2. The second-order valence-corrected chi connectivity index (χ2v) is 7.11. The van der Waals surface area contributed by atoms with Crippen LogP contribution in [0.3, 0.4) is 0 Å². The number of hydrogen-bond acceptors (Lipinski definition) is 5. The molecule has 0 fully saturated rings. The smallest absolute Gasteiger partial charge is 0.331 e. The predicted molar refractivity (Wildman–Crippen MR) is 108 cm³/mol. The molecule has 0 N–H and O–H groups in total. The van der Waals surface area contributed by atoms with Crippen LogP contribution >= 0.6 is 0 Å². The SMILES string of the molecule is COc1cccc(C=CC(=O)OCC(=O)c2cc3c4c(c2)CC(=O)N4CCC3)c1. The van der Waals surface area contributed by atoms with Crippen molar-refractivity contribution in [3.63, 3.8) is 0 Å². The first-order valence-corrected chi connectivity index (χ1v) is 9.53. The highest BCUT2D eigenvalue weighted by molar-refractivity contribution is 6.05. The Morgan fingerprint density at radius 3 is 2.83 bits per heavy atom. The number of Topliss-reactive ketones (excluding diaryl/α,β-unsaturated/α-hetero) is 1. The summed E-state index contributed by atoms with van der Waals surface area (Å²) in [6.45, 7) is 0.403. The van der Waals surface area contributed by atoms with E-state index in [9.17, 15) is 14.4 Å². The number of amides is 1. The van der Waals surface area contributed by atoms with Crippen molar-refractivity contribution in [3.05, 3.63) is 64.7 Å². The lowest BCUT2D eigenvalue weighted by atomic mass is 9.95. The molecule has 2 aromatic rings. The maximum atomic E-state index is 12.5. The summed E-state index contributed by atoms with van der Waals surface area (Å²) >= 11 is 0. The van der Waals surface area contributed by atoms with E-state index >= 15 is 0 Å². The van der Waals surface area contributed by atoms with Gasteiger partial charge in [0.1, 0.15) is 5.75 Å². The topological polar surface area (TPSA) is 72.9 Å². The lowest BCUT2D eigenvalue weighted by Crippen LogP contribution is -2.31. The van der Waals surface area contributed by atoms with E-state index in [2.05, 4.69) is 0 Å². The number of carbonyl (C=O) groups is 3. The fraction of sp³-hybridized carbons (Fsp3) is 0.261. The van der Waals surface area contributed by atoms with Crippen molar-refractivity contribution in [3.8, 4) is 5.75 Å². The average Bonchev–Trinajstić information content (AvgIpc) is 3.07. The molecule has 2 aromatic carbocycles. The summed E-state index contributed by atoms with van der Waals surface area (Å²) in [6.07, 6.45) is 4.95. The molecule has 0 aromatic heterocycles. The summed E-state index contributed by atoms with van der Waals surface area (Å²) in [5.74, 6) is -0.0957. The van der Waals surface area contributed by atoms with Crippen molar-refractivity contribution in [2.75, 3.05) is 25.2 Å². The summed E-state index contributed by atoms with van der Waals surface area (Å²) in [6, 6.07) is 10.8. The lowest BCUT2D eigenvalue weighted by Gasteiger charge is -2.25. The Bertz CT molecular complexity index is 1020. The Morgan fingerprint density at radius 1 is 1.17 bits per heavy atom. The Hall–Kier alpha value is -3.41. The van der Waals surface area contributed by atoms with Crippen molar-refractivity contribution < 1.29 is 23.9 Å². The van der Waals surface area contributed by atoms with Gasteiger partial charge in [-0.25, -0.2) is 4.79 Å². The molecule has 0 aliphatic carbocycles. The van der Waals surface area contributed by atoms with Gasteiger partial charge in [0.15, 0.2) is 12.4 Å². The van der Waals surface area contributed by atoms with Crippen molar-refractivity contribution in [1.82, 2.24) is 0 Å². The fourth-order valence-electron chi connectivity index (χ4n) is 3.82. The molecular formula is C23H21NO5. The van der Waals surface area contributed by atoms with E-state index in [1.54, 1.807) is 25.3 Å². The maximum absolute atomic E-state index is 12.5. The van der Waals surface area contributed by atoms with Crippen LogP contribution < -0.4 is 9.64 Å². The van der Waals surface area contributed by atoms with E-state index in [0.717, 1.165) is 41.8 Å². The first kappa shape index (κ1) is 18.9. The van der Waals surface area contributed by atoms with Gasteiger partial charge in [-0.3, -0.25) is 9.59 Å². The van der Waals surface area contributed by atoms with Crippen LogP contribution in [0.15, 0.2) is 42.5 Å². The number of nitrogens with zero attached hydrogens (tertiary/aromatic N) is 1. The molecule has 0 radical (unpaired) electrons. The predicted octanol–water partition coefficient (Wildman–Crippen LogP) is 2.97. The Kier molecular flexibility index (Phi) is 5.16. The van der Waals surface area contributed by atoms with Gasteiger partial charge >= 0.3 is 5.97 Å². The van der Waals surface area contributed by atoms with Gasteiger partial charge in [0, 0.05) is 18.2 Å². The third-order valence-corrected chi connectivity index (χ3v) is 5.18. The van der Waals surface area contributed by atoms with E-state index in [1.165, 1.54) is 6.08 Å². The molecule has 0 atom stereocenters. The quantitative estimate of drug-likeness (QED) is 0.430. The van der Waals surface area contributed by atoms with Crippen LogP contribution in [0, 0.1) is 0 Å². The number of rotatable bonds is 6. The minimum Gasteiger partial charge on any atom is -0.497 e. The van der Waals surface area contributed by atoms with Crippen LogP contribution in [-0.2, 0) is 27.2 Å². The molecule has 2 aliphatic rings. The monoisotopic (exact) mass is 391 g/mol. The normalized spacial score (nSPS) is 14.8. The minimum absolute atomic E-state index is 0.0830. The van der Waals surface area contributed by atoms with Crippen molar-refractivity contribution in [2.24, 2.45) is 0 Å². The maximum Gasteiger partial charge on any atom is 0.331 e. The molecule has 6 nitrogen and oxygen atoms in total. The molecule has 0 bridgehead atoms. The highest BCUT2D eigenvalue weighted by Gasteiger charge is 2.32. The number of hydrogen-bond donors (Lipinski definition) is 0. The van der Waals surface area contributed by atoms with E-state index in [4.69, 9.17) is 9.47 Å². The van der Waals surface area contributed by atoms with Gasteiger partial charge in [0.2, 0.25) is 5.91 Å².